The van der Waals surface area contributed by atoms with E-state index in [4.69, 9.17) is 9.47 Å². The van der Waals surface area contributed by atoms with E-state index in [1.54, 1.807) is 0 Å². The number of carbonyl (C=O) groups is 2. The van der Waals surface area contributed by atoms with Crippen LogP contribution in [0.2, 0.25) is 0 Å². The molecule has 0 heterocycles. The van der Waals surface area contributed by atoms with E-state index in [2.05, 4.69) is 52.2 Å². The smallest absolute Gasteiger partial charge is 0.246 e. The average molecular weight is 373 g/mol. The maximum absolute atomic E-state index is 12.0. The summed E-state index contributed by atoms with van der Waals surface area (Å²) in [7, 11) is 0. The lowest BCUT2D eigenvalue weighted by Gasteiger charge is -2.31. The summed E-state index contributed by atoms with van der Waals surface area (Å²) in [5.41, 5.74) is -0.279. The van der Waals surface area contributed by atoms with E-state index in [-0.39, 0.29) is 36.1 Å². The monoisotopic (exact) mass is 372 g/mol. The highest BCUT2D eigenvalue weighted by molar-refractivity contribution is 5.78. The topological polar surface area (TPSA) is 76.7 Å². The SMILES string of the molecule is CCC(CC)(CC)NC(=O)COCCOCC(=O)NC(CC)(CC)CC. The van der Waals surface area contributed by atoms with E-state index in [1.165, 1.54) is 0 Å². The molecule has 26 heavy (non-hydrogen) atoms. The van der Waals surface area contributed by atoms with Gasteiger partial charge >= 0.3 is 0 Å². The van der Waals surface area contributed by atoms with E-state index >= 15 is 0 Å². The standard InChI is InChI=1S/C20H40N2O4/c1-7-19(8-2,9-3)21-17(23)15-25-13-14-26-16-18(24)22-20(10-4,11-5)12-6/h7-16H2,1-6H3,(H,21,23)(H,22,24). The minimum absolute atomic E-state index is 0.0158. The zero-order chi connectivity index (χ0) is 20.1. The third kappa shape index (κ3) is 8.49. The van der Waals surface area contributed by atoms with Crippen molar-refractivity contribution in [3.8, 4) is 0 Å². The molecule has 0 rings (SSSR count). The van der Waals surface area contributed by atoms with Crippen molar-refractivity contribution in [2.45, 2.75) is 91.1 Å². The van der Waals surface area contributed by atoms with Gasteiger partial charge in [0.2, 0.25) is 11.8 Å². The molecule has 0 aromatic rings. The van der Waals surface area contributed by atoms with Crippen molar-refractivity contribution < 1.29 is 19.1 Å². The van der Waals surface area contributed by atoms with Crippen LogP contribution in [0.15, 0.2) is 0 Å². The summed E-state index contributed by atoms with van der Waals surface area (Å²) in [6.07, 6.45) is 5.41. The normalized spacial score (nSPS) is 12.1. The highest BCUT2D eigenvalue weighted by Crippen LogP contribution is 2.19. The lowest BCUT2D eigenvalue weighted by Crippen LogP contribution is -2.48. The number of carbonyl (C=O) groups excluding carboxylic acids is 2. The Morgan fingerprint density at radius 3 is 1.12 bits per heavy atom. The number of rotatable bonds is 15. The van der Waals surface area contributed by atoms with E-state index in [9.17, 15) is 9.59 Å². The third-order valence-corrected chi connectivity index (χ3v) is 5.71. The number of nitrogens with one attached hydrogen (secondary N) is 2. The van der Waals surface area contributed by atoms with Gasteiger partial charge in [0.25, 0.3) is 0 Å². The number of ether oxygens (including phenoxy) is 2. The Hall–Kier alpha value is -1.14. The van der Waals surface area contributed by atoms with Crippen LogP contribution in [0.4, 0.5) is 0 Å². The van der Waals surface area contributed by atoms with Crippen molar-refractivity contribution in [3.05, 3.63) is 0 Å². The summed E-state index contributed by atoms with van der Waals surface area (Å²) < 4.78 is 10.7. The summed E-state index contributed by atoms with van der Waals surface area (Å²) in [5, 5.41) is 6.13. The molecule has 0 saturated heterocycles. The van der Waals surface area contributed by atoms with E-state index in [0.717, 1.165) is 38.5 Å². The number of hydrogen-bond donors (Lipinski definition) is 2. The lowest BCUT2D eigenvalue weighted by molar-refractivity contribution is -0.131. The predicted molar refractivity (Wildman–Crippen MR) is 105 cm³/mol. The van der Waals surface area contributed by atoms with Crippen molar-refractivity contribution in [1.29, 1.82) is 0 Å². The van der Waals surface area contributed by atoms with E-state index in [0.29, 0.717) is 13.2 Å². The van der Waals surface area contributed by atoms with Gasteiger partial charge in [-0.25, -0.2) is 0 Å². The van der Waals surface area contributed by atoms with Crippen LogP contribution < -0.4 is 10.6 Å². The van der Waals surface area contributed by atoms with Crippen LogP contribution in [0.5, 0.6) is 0 Å². The minimum atomic E-state index is -0.140. The molecule has 0 aliphatic rings. The summed E-state index contributed by atoms with van der Waals surface area (Å²) in [4.78, 5) is 24.0. The Kier molecular flexibility index (Phi) is 12.5. The molecule has 0 aromatic carbocycles. The molecule has 6 heteroatoms. The highest BCUT2D eigenvalue weighted by atomic mass is 16.5. The molecule has 0 atom stereocenters. The summed E-state index contributed by atoms with van der Waals surface area (Å²) >= 11 is 0. The molecule has 2 N–H and O–H groups in total. The first-order valence-corrected chi connectivity index (χ1v) is 10.1. The van der Waals surface area contributed by atoms with Gasteiger partial charge in [0.1, 0.15) is 13.2 Å². The molecule has 0 aliphatic carbocycles. The van der Waals surface area contributed by atoms with Crippen molar-refractivity contribution in [1.82, 2.24) is 10.6 Å². The van der Waals surface area contributed by atoms with E-state index < -0.39 is 0 Å². The van der Waals surface area contributed by atoms with Crippen molar-refractivity contribution in [2.75, 3.05) is 26.4 Å². The minimum Gasteiger partial charge on any atom is -0.369 e. The summed E-state index contributed by atoms with van der Waals surface area (Å²) in [6, 6.07) is 0. The lowest BCUT2D eigenvalue weighted by atomic mass is 9.90. The van der Waals surface area contributed by atoms with Gasteiger partial charge in [0.15, 0.2) is 0 Å². The molecule has 6 nitrogen and oxygen atoms in total. The van der Waals surface area contributed by atoms with Crippen LogP contribution in [0.1, 0.15) is 80.1 Å². The Balaban J connectivity index is 3.97. The van der Waals surface area contributed by atoms with Crippen LogP contribution in [0.25, 0.3) is 0 Å². The zero-order valence-corrected chi connectivity index (χ0v) is 17.7. The largest absolute Gasteiger partial charge is 0.369 e. The molecule has 0 radical (unpaired) electrons. The first-order chi connectivity index (χ1) is 12.4. The van der Waals surface area contributed by atoms with Crippen molar-refractivity contribution in [3.63, 3.8) is 0 Å². The van der Waals surface area contributed by atoms with Gasteiger partial charge in [0.05, 0.1) is 13.2 Å². The Bertz CT molecular complexity index is 350. The quantitative estimate of drug-likeness (QED) is 0.433. The fourth-order valence-corrected chi connectivity index (χ4v) is 3.14. The number of amides is 2. The second-order valence-corrected chi connectivity index (χ2v) is 6.88. The van der Waals surface area contributed by atoms with E-state index in [1.807, 2.05) is 0 Å². The molecule has 0 saturated carbocycles. The maximum Gasteiger partial charge on any atom is 0.246 e. The van der Waals surface area contributed by atoms with Crippen LogP contribution in [0, 0.1) is 0 Å². The van der Waals surface area contributed by atoms with Gasteiger partial charge < -0.3 is 20.1 Å². The average Bonchev–Trinajstić information content (AvgIpc) is 2.67. The van der Waals surface area contributed by atoms with Gasteiger partial charge in [-0.3, -0.25) is 9.59 Å². The molecule has 0 spiro atoms. The Labute approximate surface area is 159 Å². The first kappa shape index (κ1) is 24.9. The zero-order valence-electron chi connectivity index (χ0n) is 17.7. The molecule has 154 valence electrons. The van der Waals surface area contributed by atoms with Crippen LogP contribution >= 0.6 is 0 Å². The van der Waals surface area contributed by atoms with Crippen LogP contribution in [0.3, 0.4) is 0 Å². The second-order valence-electron chi connectivity index (χ2n) is 6.88. The summed E-state index contributed by atoms with van der Waals surface area (Å²) in [5.74, 6) is -0.209. The molecule has 0 unspecified atom stereocenters. The van der Waals surface area contributed by atoms with Gasteiger partial charge in [0, 0.05) is 11.1 Å². The molecule has 0 aliphatic heterocycles. The molecule has 0 aromatic heterocycles. The molecule has 2 amide bonds. The molecular formula is C20H40N2O4. The second kappa shape index (κ2) is 13.1. The van der Waals surface area contributed by atoms with Crippen LogP contribution in [-0.2, 0) is 19.1 Å². The van der Waals surface area contributed by atoms with Gasteiger partial charge in [-0.15, -0.1) is 0 Å². The highest BCUT2D eigenvalue weighted by Gasteiger charge is 2.26. The van der Waals surface area contributed by atoms with Gasteiger partial charge in [-0.1, -0.05) is 41.5 Å². The third-order valence-electron chi connectivity index (χ3n) is 5.71. The number of hydrogen-bond acceptors (Lipinski definition) is 4. The fraction of sp³-hybridized carbons (Fsp3) is 0.900. The summed E-state index contributed by atoms with van der Waals surface area (Å²) in [6.45, 7) is 13.1. The molecule has 0 bridgehead atoms. The molecule has 0 fully saturated rings. The first-order valence-electron chi connectivity index (χ1n) is 10.1. The predicted octanol–water partition coefficient (Wildman–Crippen LogP) is 3.19. The van der Waals surface area contributed by atoms with Gasteiger partial charge in [-0.2, -0.15) is 0 Å². The van der Waals surface area contributed by atoms with Crippen molar-refractivity contribution >= 4 is 11.8 Å². The van der Waals surface area contributed by atoms with Crippen molar-refractivity contribution in [2.24, 2.45) is 0 Å². The maximum atomic E-state index is 12.0. The van der Waals surface area contributed by atoms with Crippen LogP contribution in [-0.4, -0.2) is 49.3 Å². The Morgan fingerprint density at radius 1 is 0.615 bits per heavy atom. The van der Waals surface area contributed by atoms with Gasteiger partial charge in [-0.05, 0) is 38.5 Å². The molecular weight excluding hydrogens is 332 g/mol. The Morgan fingerprint density at radius 2 is 0.885 bits per heavy atom. The fourth-order valence-electron chi connectivity index (χ4n) is 3.14.